The zero-order valence-electron chi connectivity index (χ0n) is 8.32. The zero-order chi connectivity index (χ0) is 9.68. The lowest BCUT2D eigenvalue weighted by Crippen LogP contribution is -2.21. The molecule has 0 spiro atoms. The summed E-state index contributed by atoms with van der Waals surface area (Å²) >= 11 is 1.94. The molecule has 1 aliphatic heterocycles. The molecule has 1 aliphatic rings. The molecule has 0 aliphatic carbocycles. The molecule has 1 fully saturated rings. The topological polar surface area (TPSA) is 20.3 Å². The highest BCUT2D eigenvalue weighted by atomic mass is 32.2. The van der Waals surface area contributed by atoms with Crippen molar-refractivity contribution in [2.24, 2.45) is 0 Å². The number of carbonyl (C=O) groups is 1. The minimum absolute atomic E-state index is 0.139. The van der Waals surface area contributed by atoms with Gasteiger partial charge in [-0.2, -0.15) is 11.8 Å². The highest BCUT2D eigenvalue weighted by Gasteiger charge is 2.19. The number of hydrogen-bond acceptors (Lipinski definition) is 3. The van der Waals surface area contributed by atoms with Gasteiger partial charge >= 0.3 is 0 Å². The van der Waals surface area contributed by atoms with Gasteiger partial charge in [0.2, 0.25) is 0 Å². The summed E-state index contributed by atoms with van der Waals surface area (Å²) in [7, 11) is 0. The molecule has 0 radical (unpaired) electrons. The van der Waals surface area contributed by atoms with Crippen molar-refractivity contribution in [3.8, 4) is 0 Å². The van der Waals surface area contributed by atoms with E-state index in [1.54, 1.807) is 13.0 Å². The van der Waals surface area contributed by atoms with Crippen molar-refractivity contribution in [3.05, 3.63) is 12.2 Å². The minimum atomic E-state index is 0.139. The van der Waals surface area contributed by atoms with Crippen LogP contribution in [0.4, 0.5) is 0 Å². The van der Waals surface area contributed by atoms with Gasteiger partial charge in [0.25, 0.3) is 0 Å². The lowest BCUT2D eigenvalue weighted by Gasteiger charge is -2.11. The second kappa shape index (κ2) is 5.45. The normalized spacial score (nSPS) is 24.3. The predicted molar refractivity (Wildman–Crippen MR) is 58.2 cm³/mol. The maximum Gasteiger partial charge on any atom is 0.152 e. The molecule has 2 nitrogen and oxygen atoms in total. The van der Waals surface area contributed by atoms with Gasteiger partial charge in [0.05, 0.1) is 0 Å². The monoisotopic (exact) mass is 199 g/mol. The van der Waals surface area contributed by atoms with Crippen molar-refractivity contribution in [1.82, 2.24) is 4.90 Å². The maximum absolute atomic E-state index is 10.6. The van der Waals surface area contributed by atoms with Gasteiger partial charge in [-0.15, -0.1) is 0 Å². The summed E-state index contributed by atoms with van der Waals surface area (Å²) in [5.74, 6) is 0.139. The molecule has 0 aromatic rings. The number of hydrogen-bond donors (Lipinski definition) is 0. The van der Waals surface area contributed by atoms with Crippen molar-refractivity contribution in [2.45, 2.75) is 18.6 Å². The molecule has 1 unspecified atom stereocenters. The van der Waals surface area contributed by atoms with Crippen LogP contribution in [0.25, 0.3) is 0 Å². The van der Waals surface area contributed by atoms with Crippen molar-refractivity contribution >= 4 is 17.5 Å². The van der Waals surface area contributed by atoms with E-state index in [4.69, 9.17) is 0 Å². The van der Waals surface area contributed by atoms with Crippen LogP contribution in [-0.2, 0) is 4.79 Å². The summed E-state index contributed by atoms with van der Waals surface area (Å²) in [6.07, 6.45) is 7.08. The highest BCUT2D eigenvalue weighted by molar-refractivity contribution is 7.99. The highest BCUT2D eigenvalue weighted by Crippen LogP contribution is 2.19. The molecule has 0 saturated carbocycles. The molecule has 1 atom stereocenters. The summed E-state index contributed by atoms with van der Waals surface area (Å²) < 4.78 is 0. The molecule has 1 rings (SSSR count). The molecule has 74 valence electrons. The van der Waals surface area contributed by atoms with Crippen LogP contribution in [0.3, 0.4) is 0 Å². The van der Waals surface area contributed by atoms with Crippen LogP contribution in [-0.4, -0.2) is 41.8 Å². The Kier molecular flexibility index (Phi) is 4.53. The second-order valence-electron chi connectivity index (χ2n) is 3.42. The Labute approximate surface area is 84.4 Å². The van der Waals surface area contributed by atoms with Gasteiger partial charge in [-0.1, -0.05) is 6.08 Å². The first kappa shape index (κ1) is 10.8. The van der Waals surface area contributed by atoms with E-state index in [1.165, 1.54) is 19.5 Å². The first-order chi connectivity index (χ1) is 6.22. The first-order valence-electron chi connectivity index (χ1n) is 4.64. The molecule has 0 bridgehead atoms. The molecular formula is C10H17NOS. The fourth-order valence-corrected chi connectivity index (χ4v) is 2.22. The van der Waals surface area contributed by atoms with Crippen LogP contribution in [0.2, 0.25) is 0 Å². The number of rotatable bonds is 4. The van der Waals surface area contributed by atoms with Crippen molar-refractivity contribution in [3.63, 3.8) is 0 Å². The van der Waals surface area contributed by atoms with Crippen LogP contribution in [0.1, 0.15) is 13.3 Å². The van der Waals surface area contributed by atoms with E-state index in [1.807, 2.05) is 17.8 Å². The SMILES string of the molecule is CSC1CCN(C/C=C/C(C)=O)C1. The fraction of sp³-hybridized carbons (Fsp3) is 0.700. The van der Waals surface area contributed by atoms with Crippen LogP contribution in [0.15, 0.2) is 12.2 Å². The molecule has 0 aromatic heterocycles. The van der Waals surface area contributed by atoms with Crippen molar-refractivity contribution in [2.75, 3.05) is 25.9 Å². The fourth-order valence-electron chi connectivity index (χ4n) is 1.52. The number of carbonyl (C=O) groups excluding carboxylic acids is 1. The molecule has 0 amide bonds. The third-order valence-electron chi connectivity index (χ3n) is 2.28. The van der Waals surface area contributed by atoms with E-state index >= 15 is 0 Å². The second-order valence-corrected chi connectivity index (χ2v) is 4.56. The molecule has 0 aromatic carbocycles. The standard InChI is InChI=1S/C10H17NOS/c1-9(12)4-3-6-11-7-5-10(8-11)13-2/h3-4,10H,5-8H2,1-2H3/b4-3+. The Hall–Kier alpha value is -0.280. The molecule has 0 N–H and O–H groups in total. The summed E-state index contributed by atoms with van der Waals surface area (Å²) in [5.41, 5.74) is 0. The molecule has 13 heavy (non-hydrogen) atoms. The van der Waals surface area contributed by atoms with Gasteiger partial charge in [-0.3, -0.25) is 9.69 Å². The molecular weight excluding hydrogens is 182 g/mol. The number of likely N-dealkylation sites (tertiary alicyclic amines) is 1. The number of ketones is 1. The average molecular weight is 199 g/mol. The Balaban J connectivity index is 2.20. The average Bonchev–Trinajstić information content (AvgIpc) is 2.52. The van der Waals surface area contributed by atoms with Crippen LogP contribution < -0.4 is 0 Å². The van der Waals surface area contributed by atoms with E-state index in [0.717, 1.165) is 11.8 Å². The Morgan fingerprint density at radius 2 is 2.46 bits per heavy atom. The van der Waals surface area contributed by atoms with E-state index in [2.05, 4.69) is 11.2 Å². The van der Waals surface area contributed by atoms with Gasteiger partial charge in [0.15, 0.2) is 5.78 Å². The Morgan fingerprint density at radius 1 is 1.69 bits per heavy atom. The molecule has 1 saturated heterocycles. The first-order valence-corrected chi connectivity index (χ1v) is 5.93. The largest absolute Gasteiger partial charge is 0.299 e. The van der Waals surface area contributed by atoms with Gasteiger partial charge in [0.1, 0.15) is 0 Å². The third-order valence-corrected chi connectivity index (χ3v) is 3.33. The number of allylic oxidation sites excluding steroid dienone is 1. The van der Waals surface area contributed by atoms with E-state index in [0.29, 0.717) is 0 Å². The minimum Gasteiger partial charge on any atom is -0.299 e. The third kappa shape index (κ3) is 3.96. The van der Waals surface area contributed by atoms with Gasteiger partial charge in [-0.05, 0) is 32.2 Å². The van der Waals surface area contributed by atoms with Crippen LogP contribution in [0, 0.1) is 0 Å². The van der Waals surface area contributed by atoms with Crippen LogP contribution in [0.5, 0.6) is 0 Å². The van der Waals surface area contributed by atoms with Gasteiger partial charge in [0, 0.05) is 18.3 Å². The maximum atomic E-state index is 10.6. The predicted octanol–water partition coefficient (Wildman–Crippen LogP) is 1.57. The molecule has 3 heteroatoms. The van der Waals surface area contributed by atoms with Gasteiger partial charge < -0.3 is 0 Å². The molecule has 1 heterocycles. The van der Waals surface area contributed by atoms with Crippen LogP contribution >= 0.6 is 11.8 Å². The summed E-state index contributed by atoms with van der Waals surface area (Å²) in [6.45, 7) is 4.86. The zero-order valence-corrected chi connectivity index (χ0v) is 9.14. The smallest absolute Gasteiger partial charge is 0.152 e. The Morgan fingerprint density at radius 3 is 3.00 bits per heavy atom. The lowest BCUT2D eigenvalue weighted by atomic mass is 10.4. The summed E-state index contributed by atoms with van der Waals surface area (Å²) in [4.78, 5) is 13.0. The van der Waals surface area contributed by atoms with E-state index in [9.17, 15) is 4.79 Å². The van der Waals surface area contributed by atoms with E-state index in [-0.39, 0.29) is 5.78 Å². The number of thioether (sulfide) groups is 1. The lowest BCUT2D eigenvalue weighted by molar-refractivity contribution is -0.112. The number of nitrogens with zero attached hydrogens (tertiary/aromatic N) is 1. The van der Waals surface area contributed by atoms with Crippen molar-refractivity contribution < 1.29 is 4.79 Å². The van der Waals surface area contributed by atoms with E-state index < -0.39 is 0 Å². The van der Waals surface area contributed by atoms with Crippen molar-refractivity contribution in [1.29, 1.82) is 0 Å². The van der Waals surface area contributed by atoms with Gasteiger partial charge in [-0.25, -0.2) is 0 Å². The Bertz CT molecular complexity index is 203. The summed E-state index contributed by atoms with van der Waals surface area (Å²) in [6, 6.07) is 0. The quantitative estimate of drug-likeness (QED) is 0.641. The summed E-state index contributed by atoms with van der Waals surface area (Å²) in [5, 5.41) is 0.797.